The molecule has 31 heavy (non-hydrogen) atoms. The molecule has 1 aliphatic rings. The van der Waals surface area contributed by atoms with Crippen LogP contribution in [0, 0.1) is 12.8 Å². The molecule has 0 aliphatic heterocycles. The lowest BCUT2D eigenvalue weighted by Crippen LogP contribution is -2.29. The quantitative estimate of drug-likeness (QED) is 0.422. The van der Waals surface area contributed by atoms with Crippen LogP contribution in [0.1, 0.15) is 18.7 Å². The van der Waals surface area contributed by atoms with Crippen molar-refractivity contribution in [1.82, 2.24) is 29.5 Å². The summed E-state index contributed by atoms with van der Waals surface area (Å²) < 4.78 is 55.1. The number of halogens is 4. The average molecular weight is 433 g/mol. The second-order valence-corrected chi connectivity index (χ2v) is 7.75. The van der Waals surface area contributed by atoms with Crippen LogP contribution in [-0.2, 0) is 6.54 Å². The zero-order chi connectivity index (χ0) is 21.8. The number of hydrogen-bond acceptors (Lipinski definition) is 5. The first-order valence-electron chi connectivity index (χ1n) is 9.90. The van der Waals surface area contributed by atoms with Crippen molar-refractivity contribution in [2.24, 2.45) is 5.92 Å². The highest BCUT2D eigenvalue weighted by molar-refractivity contribution is 5.93. The van der Waals surface area contributed by atoms with E-state index in [0.29, 0.717) is 52.1 Å². The van der Waals surface area contributed by atoms with Gasteiger partial charge in [-0.2, -0.15) is 4.98 Å². The van der Waals surface area contributed by atoms with Crippen molar-refractivity contribution in [3.05, 3.63) is 30.4 Å². The maximum Gasteiger partial charge on any atom is 0.267 e. The zero-order valence-corrected chi connectivity index (χ0v) is 16.5. The molecule has 4 aromatic rings. The molecule has 2 N–H and O–H groups in total. The highest BCUT2D eigenvalue weighted by Gasteiger charge is 2.46. The molecular weight excluding hydrogens is 414 g/mol. The Labute approximate surface area is 173 Å². The Morgan fingerprint density at radius 3 is 2.77 bits per heavy atom. The van der Waals surface area contributed by atoms with Gasteiger partial charge in [-0.1, -0.05) is 0 Å². The lowest BCUT2D eigenvalue weighted by atomic mass is 10.1. The molecule has 0 bridgehead atoms. The zero-order valence-electron chi connectivity index (χ0n) is 16.5. The largest absolute Gasteiger partial charge is 0.348 e. The number of H-pyrrole nitrogens is 1. The fourth-order valence-electron chi connectivity index (χ4n) is 3.67. The Balaban J connectivity index is 1.45. The molecule has 1 aliphatic carbocycles. The van der Waals surface area contributed by atoms with Gasteiger partial charge >= 0.3 is 0 Å². The Morgan fingerprint density at radius 1 is 1.23 bits per heavy atom. The van der Waals surface area contributed by atoms with Gasteiger partial charge in [0, 0.05) is 29.3 Å². The normalized spacial score (nSPS) is 14.8. The van der Waals surface area contributed by atoms with E-state index in [0.717, 1.165) is 0 Å². The van der Waals surface area contributed by atoms with Crippen LogP contribution in [0.2, 0.25) is 0 Å². The topological polar surface area (TPSA) is 84.3 Å². The predicted molar refractivity (Wildman–Crippen MR) is 107 cm³/mol. The van der Waals surface area contributed by atoms with E-state index >= 15 is 0 Å². The van der Waals surface area contributed by atoms with E-state index in [1.165, 1.54) is 10.8 Å². The van der Waals surface area contributed by atoms with Crippen LogP contribution in [-0.4, -0.2) is 48.4 Å². The number of aromatic nitrogens is 6. The molecule has 1 fully saturated rings. The summed E-state index contributed by atoms with van der Waals surface area (Å²) in [4.78, 5) is 20.2. The van der Waals surface area contributed by atoms with E-state index in [1.54, 1.807) is 25.3 Å². The lowest BCUT2D eigenvalue weighted by molar-refractivity contribution is -0.00831. The van der Waals surface area contributed by atoms with Gasteiger partial charge in [0.05, 0.1) is 18.8 Å². The van der Waals surface area contributed by atoms with E-state index in [9.17, 15) is 17.6 Å². The summed E-state index contributed by atoms with van der Waals surface area (Å²) in [5, 5.41) is 3.25. The van der Waals surface area contributed by atoms with Gasteiger partial charge in [0.1, 0.15) is 17.0 Å². The molecule has 0 atom stereocenters. The number of nitrogens with one attached hydrogen (secondary N) is 2. The van der Waals surface area contributed by atoms with Crippen LogP contribution in [0.3, 0.4) is 0 Å². The number of hydrogen-bond donors (Lipinski definition) is 2. The van der Waals surface area contributed by atoms with Crippen molar-refractivity contribution >= 4 is 28.1 Å². The molecule has 0 aromatic carbocycles. The minimum atomic E-state index is -2.78. The van der Waals surface area contributed by atoms with Crippen molar-refractivity contribution in [2.45, 2.75) is 38.7 Å². The fourth-order valence-corrected chi connectivity index (χ4v) is 3.67. The highest BCUT2D eigenvalue weighted by atomic mass is 19.3. The summed E-state index contributed by atoms with van der Waals surface area (Å²) in [6.45, 7) is 0.656. The second-order valence-electron chi connectivity index (χ2n) is 7.75. The molecule has 5 rings (SSSR count). The third-order valence-corrected chi connectivity index (χ3v) is 5.47. The van der Waals surface area contributed by atoms with Crippen LogP contribution in [0.25, 0.3) is 33.5 Å². The summed E-state index contributed by atoms with van der Waals surface area (Å²) in [6.07, 6.45) is 1.76. The van der Waals surface area contributed by atoms with Crippen molar-refractivity contribution in [3.8, 4) is 11.3 Å². The van der Waals surface area contributed by atoms with Crippen molar-refractivity contribution < 1.29 is 17.6 Å². The van der Waals surface area contributed by atoms with E-state index in [4.69, 9.17) is 0 Å². The smallest absolute Gasteiger partial charge is 0.267 e. The van der Waals surface area contributed by atoms with Crippen LogP contribution in [0.4, 0.5) is 23.5 Å². The van der Waals surface area contributed by atoms with Gasteiger partial charge in [-0.25, -0.2) is 32.5 Å². The first kappa shape index (κ1) is 19.7. The summed E-state index contributed by atoms with van der Waals surface area (Å²) in [5.74, 6) is -2.78. The molecule has 0 spiro atoms. The Kier molecular flexibility index (Phi) is 4.56. The summed E-state index contributed by atoms with van der Waals surface area (Å²) in [5.41, 5.74) is 2.57. The average Bonchev–Trinajstić information content (AvgIpc) is 3.45. The number of aryl methyl sites for hydroxylation is 1. The number of alkyl halides is 4. The van der Waals surface area contributed by atoms with Crippen LogP contribution < -0.4 is 5.32 Å². The second kappa shape index (κ2) is 7.17. The minimum Gasteiger partial charge on any atom is -0.348 e. The van der Waals surface area contributed by atoms with Gasteiger partial charge in [-0.3, -0.25) is 0 Å². The third kappa shape index (κ3) is 3.68. The van der Waals surface area contributed by atoms with Gasteiger partial charge < -0.3 is 14.9 Å². The van der Waals surface area contributed by atoms with Crippen LogP contribution >= 0.6 is 0 Å². The Morgan fingerprint density at radius 2 is 2.03 bits per heavy atom. The third-order valence-electron chi connectivity index (χ3n) is 5.47. The lowest BCUT2D eigenvalue weighted by Gasteiger charge is -2.15. The molecule has 4 heterocycles. The van der Waals surface area contributed by atoms with Crippen LogP contribution in [0.5, 0.6) is 0 Å². The number of fused-ring (bicyclic) bond motifs is 2. The molecule has 0 unspecified atom stereocenters. The van der Waals surface area contributed by atoms with Crippen molar-refractivity contribution in [3.63, 3.8) is 0 Å². The molecule has 162 valence electrons. The first-order valence-corrected chi connectivity index (χ1v) is 9.90. The van der Waals surface area contributed by atoms with E-state index in [-0.39, 0.29) is 5.95 Å². The van der Waals surface area contributed by atoms with Gasteiger partial charge in [-0.05, 0) is 31.9 Å². The van der Waals surface area contributed by atoms with E-state index in [1.807, 2.05) is 0 Å². The van der Waals surface area contributed by atoms with Crippen molar-refractivity contribution in [1.29, 1.82) is 0 Å². The first-order chi connectivity index (χ1) is 14.8. The number of rotatable bonds is 7. The fraction of sp³-hybridized carbons (Fsp3) is 0.400. The number of nitrogens with zero attached hydrogens (tertiary/aromatic N) is 5. The van der Waals surface area contributed by atoms with Gasteiger partial charge in [0.15, 0.2) is 5.65 Å². The maximum absolute atomic E-state index is 13.9. The predicted octanol–water partition coefficient (Wildman–Crippen LogP) is 4.40. The Bertz CT molecular complexity index is 1260. The summed E-state index contributed by atoms with van der Waals surface area (Å²) in [7, 11) is 0. The summed E-state index contributed by atoms with van der Waals surface area (Å²) >= 11 is 0. The summed E-state index contributed by atoms with van der Waals surface area (Å²) in [6, 6.07) is 3.47. The SMILES string of the molecule is Cc1nc2ccc(-c3c[nH]c4nc(NCC(F)(F)C5CC5)ncc34)nc2n1CC(F)F. The Hall–Kier alpha value is -3.24. The molecule has 0 radical (unpaired) electrons. The number of imidazole rings is 1. The minimum absolute atomic E-state index is 0.107. The van der Waals surface area contributed by atoms with E-state index in [2.05, 4.69) is 30.2 Å². The molecule has 7 nitrogen and oxygen atoms in total. The molecule has 0 amide bonds. The molecule has 4 aromatic heterocycles. The number of aromatic amines is 1. The van der Waals surface area contributed by atoms with Gasteiger partial charge in [-0.15, -0.1) is 0 Å². The van der Waals surface area contributed by atoms with Gasteiger partial charge in [0.2, 0.25) is 5.95 Å². The number of pyridine rings is 1. The molecule has 0 saturated heterocycles. The number of anilines is 1. The van der Waals surface area contributed by atoms with E-state index < -0.39 is 31.4 Å². The van der Waals surface area contributed by atoms with Crippen LogP contribution in [0.15, 0.2) is 24.5 Å². The highest BCUT2D eigenvalue weighted by Crippen LogP contribution is 2.43. The van der Waals surface area contributed by atoms with Crippen molar-refractivity contribution in [2.75, 3.05) is 11.9 Å². The molecule has 11 heteroatoms. The maximum atomic E-state index is 13.9. The van der Waals surface area contributed by atoms with Gasteiger partial charge in [0.25, 0.3) is 12.3 Å². The molecule has 1 saturated carbocycles. The molecular formula is C20H19F4N7. The monoisotopic (exact) mass is 433 g/mol. The standard InChI is InChI=1S/C20H19F4N7/c1-10-28-15-5-4-14(29-18(15)31(10)8-16(21)22)12-6-25-17-13(12)7-26-19(30-17)27-9-20(23,24)11-2-3-11/h4-7,11,16H,2-3,8-9H2,1H3,(H2,25,26,27,30).